The van der Waals surface area contributed by atoms with E-state index in [4.69, 9.17) is 0 Å². The third-order valence-corrected chi connectivity index (χ3v) is 6.13. The lowest BCUT2D eigenvalue weighted by atomic mass is 9.76. The Bertz CT molecular complexity index is 951. The first kappa shape index (κ1) is 18.3. The number of fused-ring (bicyclic) bond motifs is 1. The first-order valence-corrected chi connectivity index (χ1v) is 9.84. The van der Waals surface area contributed by atoms with Crippen molar-refractivity contribution in [2.75, 3.05) is 6.54 Å². The van der Waals surface area contributed by atoms with Gasteiger partial charge in [0.05, 0.1) is 4.90 Å². The fourth-order valence-electron chi connectivity index (χ4n) is 2.97. The molecule has 0 spiro atoms. The summed E-state index contributed by atoms with van der Waals surface area (Å²) in [7, 11) is -3.75. The number of nitrogens with one attached hydrogen (secondary N) is 2. The van der Waals surface area contributed by atoms with Crippen molar-refractivity contribution in [2.24, 2.45) is 0 Å². The van der Waals surface area contributed by atoms with Crippen LogP contribution in [0.5, 0.6) is 0 Å². The van der Waals surface area contributed by atoms with Crippen LogP contribution in [-0.2, 0) is 19.6 Å². The number of hydrogen-bond acceptors (Lipinski definition) is 4. The maximum atomic E-state index is 12.4. The van der Waals surface area contributed by atoms with Crippen molar-refractivity contribution in [3.63, 3.8) is 0 Å². The van der Waals surface area contributed by atoms with E-state index in [1.807, 2.05) is 24.3 Å². The Morgan fingerprint density at radius 1 is 1.08 bits per heavy atom. The molecule has 0 aliphatic heterocycles. The van der Waals surface area contributed by atoms with Gasteiger partial charge in [-0.2, -0.15) is 0 Å². The van der Waals surface area contributed by atoms with E-state index in [-0.39, 0.29) is 17.9 Å². The van der Waals surface area contributed by atoms with Gasteiger partial charge in [-0.05, 0) is 42.2 Å². The zero-order valence-corrected chi connectivity index (χ0v) is 14.9. The molecule has 2 aromatic carbocycles. The molecule has 138 valence electrons. The van der Waals surface area contributed by atoms with Crippen LogP contribution in [0.4, 0.5) is 0 Å². The quantitative estimate of drug-likeness (QED) is 0.680. The van der Waals surface area contributed by atoms with Crippen molar-refractivity contribution < 1.29 is 23.1 Å². The monoisotopic (exact) mass is 376 g/mol. The predicted molar refractivity (Wildman–Crippen MR) is 96.1 cm³/mol. The summed E-state index contributed by atoms with van der Waals surface area (Å²) in [4.78, 5) is 23.3. The molecule has 3 rings (SSSR count). The van der Waals surface area contributed by atoms with Crippen LogP contribution in [0, 0.1) is 0 Å². The van der Waals surface area contributed by atoms with Gasteiger partial charge in [-0.3, -0.25) is 4.79 Å². The molecule has 0 atom stereocenters. The highest BCUT2D eigenvalue weighted by Gasteiger charge is 2.45. The van der Waals surface area contributed by atoms with Crippen LogP contribution in [0.3, 0.4) is 0 Å². The lowest BCUT2D eigenvalue weighted by Gasteiger charge is -2.38. The van der Waals surface area contributed by atoms with Gasteiger partial charge in [0, 0.05) is 13.0 Å². The summed E-state index contributed by atoms with van der Waals surface area (Å²) in [5.74, 6) is -1.53. The molecule has 1 aliphatic carbocycles. The van der Waals surface area contributed by atoms with Crippen LogP contribution >= 0.6 is 0 Å². The number of rotatable bonds is 7. The number of benzene rings is 2. The number of carbonyl (C=O) groups excluding carboxylic acids is 1. The molecule has 26 heavy (non-hydrogen) atoms. The highest BCUT2D eigenvalue weighted by atomic mass is 32.2. The number of carboxylic acids is 1. The van der Waals surface area contributed by atoms with E-state index in [1.165, 1.54) is 6.07 Å². The Hall–Kier alpha value is -2.45. The molecule has 7 nitrogen and oxygen atoms in total. The van der Waals surface area contributed by atoms with Gasteiger partial charge in [0.15, 0.2) is 0 Å². The van der Waals surface area contributed by atoms with Crippen LogP contribution < -0.4 is 10.0 Å². The van der Waals surface area contributed by atoms with Crippen molar-refractivity contribution >= 4 is 32.7 Å². The summed E-state index contributed by atoms with van der Waals surface area (Å²) in [6, 6.07) is 12.2. The smallest absolute Gasteiger partial charge is 0.329 e. The molecule has 3 N–H and O–H groups in total. The molecular weight excluding hydrogens is 356 g/mol. The molecule has 1 fully saturated rings. The first-order valence-electron chi connectivity index (χ1n) is 8.35. The number of hydrogen-bond donors (Lipinski definition) is 3. The largest absolute Gasteiger partial charge is 0.480 e. The third kappa shape index (κ3) is 3.71. The van der Waals surface area contributed by atoms with Crippen LogP contribution in [-0.4, -0.2) is 37.5 Å². The molecule has 2 aromatic rings. The molecule has 0 heterocycles. The average molecular weight is 376 g/mol. The molecule has 8 heteroatoms. The van der Waals surface area contributed by atoms with Gasteiger partial charge in [0.1, 0.15) is 5.54 Å². The number of carboxylic acid groups (broad SMARTS) is 1. The molecule has 0 unspecified atom stereocenters. The van der Waals surface area contributed by atoms with Crippen LogP contribution in [0.15, 0.2) is 47.4 Å². The average Bonchev–Trinajstić information content (AvgIpc) is 2.57. The highest BCUT2D eigenvalue weighted by Crippen LogP contribution is 2.32. The number of carbonyl (C=O) groups is 2. The maximum absolute atomic E-state index is 12.4. The van der Waals surface area contributed by atoms with Crippen LogP contribution in [0.25, 0.3) is 10.8 Å². The van der Waals surface area contributed by atoms with Crippen LogP contribution in [0.1, 0.15) is 25.7 Å². The first-order chi connectivity index (χ1) is 12.3. The molecule has 1 amide bonds. The summed E-state index contributed by atoms with van der Waals surface area (Å²) < 4.78 is 27.1. The van der Waals surface area contributed by atoms with E-state index in [0.29, 0.717) is 12.8 Å². The molecule has 0 radical (unpaired) electrons. The van der Waals surface area contributed by atoms with Gasteiger partial charge in [-0.1, -0.05) is 30.3 Å². The van der Waals surface area contributed by atoms with Gasteiger partial charge in [-0.15, -0.1) is 0 Å². The molecule has 1 aliphatic rings. The van der Waals surface area contributed by atoms with Crippen molar-refractivity contribution in [1.29, 1.82) is 0 Å². The number of aliphatic carboxylic acids is 1. The summed E-state index contributed by atoms with van der Waals surface area (Å²) in [6.07, 6.45) is 1.43. The molecule has 1 saturated carbocycles. The van der Waals surface area contributed by atoms with Gasteiger partial charge >= 0.3 is 5.97 Å². The van der Waals surface area contributed by atoms with Crippen molar-refractivity contribution in [2.45, 2.75) is 36.1 Å². The minimum Gasteiger partial charge on any atom is -0.480 e. The summed E-state index contributed by atoms with van der Waals surface area (Å²) >= 11 is 0. The Balaban J connectivity index is 1.59. The Labute approximate surface area is 151 Å². The Morgan fingerprint density at radius 3 is 2.38 bits per heavy atom. The number of sulfonamides is 1. The molecule has 0 aromatic heterocycles. The van der Waals surface area contributed by atoms with E-state index in [1.54, 1.807) is 12.1 Å². The second kappa shape index (κ2) is 7.05. The second-order valence-electron chi connectivity index (χ2n) is 6.45. The number of amides is 1. The summed E-state index contributed by atoms with van der Waals surface area (Å²) in [6.45, 7) is -0.101. The fraction of sp³-hybridized carbons (Fsp3) is 0.333. The lowest BCUT2D eigenvalue weighted by molar-refractivity contribution is -0.151. The SMILES string of the molecule is O=C(CCNS(=O)(=O)c1ccc2ccccc2c1)NC1(C(=O)O)CCC1. The van der Waals surface area contributed by atoms with E-state index in [0.717, 1.165) is 17.2 Å². The molecular formula is C18H20N2O5S. The standard InChI is InChI=1S/C18H20N2O5S/c21-16(20-18(17(22)23)9-3-10-18)8-11-19-26(24,25)15-7-6-13-4-1-2-5-14(13)12-15/h1-2,4-7,12,19H,3,8-11H2,(H,20,21)(H,22,23). The minimum atomic E-state index is -3.75. The Kier molecular flexibility index (Phi) is 4.97. The Morgan fingerprint density at radius 2 is 1.77 bits per heavy atom. The van der Waals surface area contributed by atoms with Crippen molar-refractivity contribution in [3.05, 3.63) is 42.5 Å². The molecule has 0 saturated heterocycles. The van der Waals surface area contributed by atoms with Gasteiger partial charge in [0.25, 0.3) is 0 Å². The minimum absolute atomic E-state index is 0.101. The van der Waals surface area contributed by atoms with Crippen LogP contribution in [0.2, 0.25) is 0 Å². The maximum Gasteiger partial charge on any atom is 0.329 e. The summed E-state index contributed by atoms with van der Waals surface area (Å²) in [5.41, 5.74) is -1.19. The van der Waals surface area contributed by atoms with E-state index in [2.05, 4.69) is 10.0 Å². The lowest BCUT2D eigenvalue weighted by Crippen LogP contribution is -2.59. The summed E-state index contributed by atoms with van der Waals surface area (Å²) in [5, 5.41) is 13.4. The molecule has 0 bridgehead atoms. The topological polar surface area (TPSA) is 113 Å². The zero-order valence-electron chi connectivity index (χ0n) is 14.1. The van der Waals surface area contributed by atoms with E-state index >= 15 is 0 Å². The van der Waals surface area contributed by atoms with Gasteiger partial charge in [0.2, 0.25) is 15.9 Å². The zero-order chi connectivity index (χ0) is 18.8. The van der Waals surface area contributed by atoms with Gasteiger partial charge < -0.3 is 10.4 Å². The van der Waals surface area contributed by atoms with E-state index < -0.39 is 27.4 Å². The normalized spacial score (nSPS) is 16.0. The van der Waals surface area contributed by atoms with Crippen molar-refractivity contribution in [3.8, 4) is 0 Å². The van der Waals surface area contributed by atoms with Gasteiger partial charge in [-0.25, -0.2) is 17.9 Å². The van der Waals surface area contributed by atoms with E-state index in [9.17, 15) is 23.1 Å². The highest BCUT2D eigenvalue weighted by molar-refractivity contribution is 7.89. The fourth-order valence-corrected chi connectivity index (χ4v) is 4.04. The third-order valence-electron chi connectivity index (χ3n) is 4.67. The van der Waals surface area contributed by atoms with Crippen molar-refractivity contribution in [1.82, 2.24) is 10.0 Å². The predicted octanol–water partition coefficient (Wildman–Crippen LogP) is 1.63. The second-order valence-corrected chi connectivity index (χ2v) is 8.21.